The first-order chi connectivity index (χ1) is 13.1. The normalized spacial score (nSPS) is 17.0. The number of nitrogens with two attached hydrogens (primary N) is 1. The number of anilines is 1. The average Bonchev–Trinajstić information content (AvgIpc) is 2.71. The molecule has 1 fully saturated rings. The molecular formula is C21H27N3O3. The Morgan fingerprint density at radius 2 is 2.22 bits per heavy atom. The smallest absolute Gasteiger partial charge is 0.253 e. The number of methoxy groups -OCH3 is 1. The highest BCUT2D eigenvalue weighted by Gasteiger charge is 2.25. The Kier molecular flexibility index (Phi) is 6.29. The number of benzene rings is 1. The van der Waals surface area contributed by atoms with Crippen LogP contribution >= 0.6 is 0 Å². The van der Waals surface area contributed by atoms with E-state index in [-0.39, 0.29) is 12.0 Å². The van der Waals surface area contributed by atoms with Gasteiger partial charge in [-0.25, -0.2) is 0 Å². The van der Waals surface area contributed by atoms with Crippen molar-refractivity contribution in [2.45, 2.75) is 32.3 Å². The van der Waals surface area contributed by atoms with Gasteiger partial charge < -0.3 is 20.1 Å². The van der Waals surface area contributed by atoms with Gasteiger partial charge in [0.25, 0.3) is 5.91 Å². The van der Waals surface area contributed by atoms with E-state index in [1.807, 2.05) is 29.2 Å². The lowest BCUT2D eigenvalue weighted by atomic mass is 10.0. The number of likely N-dealkylation sites (tertiary alicyclic amines) is 1. The molecule has 0 radical (unpaired) electrons. The summed E-state index contributed by atoms with van der Waals surface area (Å²) in [4.78, 5) is 19.3. The maximum Gasteiger partial charge on any atom is 0.253 e. The molecule has 6 heteroatoms. The van der Waals surface area contributed by atoms with Crippen LogP contribution in [0.15, 0.2) is 36.5 Å². The van der Waals surface area contributed by atoms with Crippen molar-refractivity contribution in [2.75, 3.05) is 32.5 Å². The summed E-state index contributed by atoms with van der Waals surface area (Å²) in [5.41, 5.74) is 8.58. The standard InChI is InChI=1S/C21H27N3O3/c1-3-12-27-17-8-5-11-24(14-17)21(25)16-7-4-6-15(13-16)19-20(26-2)18(22)9-10-23-19/h4,6-7,9-10,13,17H,3,5,8,11-12,14H2,1-2H3,(H2,22,23)/t17-/m1/s1. The van der Waals surface area contributed by atoms with Crippen molar-refractivity contribution in [3.8, 4) is 17.0 Å². The minimum Gasteiger partial charge on any atom is -0.492 e. The molecular weight excluding hydrogens is 342 g/mol. The number of piperidine rings is 1. The molecule has 1 aromatic carbocycles. The first-order valence-electron chi connectivity index (χ1n) is 9.43. The molecule has 144 valence electrons. The Morgan fingerprint density at radius 1 is 1.37 bits per heavy atom. The Balaban J connectivity index is 1.81. The van der Waals surface area contributed by atoms with Crippen molar-refractivity contribution in [1.29, 1.82) is 0 Å². The van der Waals surface area contributed by atoms with Crippen LogP contribution in [-0.4, -0.2) is 48.7 Å². The summed E-state index contributed by atoms with van der Waals surface area (Å²) in [6.07, 6.45) is 4.73. The highest BCUT2D eigenvalue weighted by atomic mass is 16.5. The van der Waals surface area contributed by atoms with Gasteiger partial charge in [-0.05, 0) is 37.5 Å². The molecule has 2 heterocycles. The maximum atomic E-state index is 13.0. The molecule has 0 aliphatic carbocycles. The minimum absolute atomic E-state index is 0.0181. The molecule has 27 heavy (non-hydrogen) atoms. The third kappa shape index (κ3) is 4.39. The lowest BCUT2D eigenvalue weighted by Crippen LogP contribution is -2.43. The molecule has 2 aromatic rings. The molecule has 0 spiro atoms. The van der Waals surface area contributed by atoms with Gasteiger partial charge in [-0.2, -0.15) is 0 Å². The summed E-state index contributed by atoms with van der Waals surface area (Å²) in [5.74, 6) is 0.539. The zero-order valence-corrected chi connectivity index (χ0v) is 16.0. The van der Waals surface area contributed by atoms with Crippen LogP contribution in [0.3, 0.4) is 0 Å². The summed E-state index contributed by atoms with van der Waals surface area (Å²) in [5, 5.41) is 0. The molecule has 0 bridgehead atoms. The van der Waals surface area contributed by atoms with Gasteiger partial charge >= 0.3 is 0 Å². The first-order valence-corrected chi connectivity index (χ1v) is 9.43. The van der Waals surface area contributed by atoms with Crippen LogP contribution in [0.5, 0.6) is 5.75 Å². The van der Waals surface area contributed by atoms with Gasteiger partial charge in [0.1, 0.15) is 5.69 Å². The van der Waals surface area contributed by atoms with Gasteiger partial charge in [0.2, 0.25) is 0 Å². The van der Waals surface area contributed by atoms with Crippen molar-refractivity contribution in [3.05, 3.63) is 42.1 Å². The number of hydrogen-bond acceptors (Lipinski definition) is 5. The van der Waals surface area contributed by atoms with E-state index in [0.717, 1.165) is 38.0 Å². The number of carbonyl (C=O) groups is 1. The fourth-order valence-corrected chi connectivity index (χ4v) is 3.41. The van der Waals surface area contributed by atoms with Crippen LogP contribution in [0.25, 0.3) is 11.3 Å². The Labute approximate surface area is 160 Å². The highest BCUT2D eigenvalue weighted by Crippen LogP contribution is 2.33. The van der Waals surface area contributed by atoms with Crippen molar-refractivity contribution < 1.29 is 14.3 Å². The van der Waals surface area contributed by atoms with Gasteiger partial charge in [0.15, 0.2) is 5.75 Å². The molecule has 6 nitrogen and oxygen atoms in total. The van der Waals surface area contributed by atoms with Crippen LogP contribution in [-0.2, 0) is 4.74 Å². The molecule has 2 N–H and O–H groups in total. The predicted molar refractivity (Wildman–Crippen MR) is 106 cm³/mol. The van der Waals surface area contributed by atoms with E-state index in [2.05, 4.69) is 11.9 Å². The zero-order valence-electron chi connectivity index (χ0n) is 16.0. The van der Waals surface area contributed by atoms with E-state index < -0.39 is 0 Å². The summed E-state index contributed by atoms with van der Waals surface area (Å²) in [6.45, 7) is 4.23. The maximum absolute atomic E-state index is 13.0. The summed E-state index contributed by atoms with van der Waals surface area (Å²) in [6, 6.07) is 9.15. The Bertz CT molecular complexity index is 794. The van der Waals surface area contributed by atoms with Gasteiger partial charge in [0, 0.05) is 37.0 Å². The van der Waals surface area contributed by atoms with E-state index >= 15 is 0 Å². The van der Waals surface area contributed by atoms with Crippen LogP contribution in [0, 0.1) is 0 Å². The third-order valence-electron chi connectivity index (χ3n) is 4.75. The van der Waals surface area contributed by atoms with Gasteiger partial charge in [-0.15, -0.1) is 0 Å². The average molecular weight is 369 g/mol. The quantitative estimate of drug-likeness (QED) is 0.845. The summed E-state index contributed by atoms with van der Waals surface area (Å²) >= 11 is 0. The second-order valence-electron chi connectivity index (χ2n) is 6.75. The molecule has 1 saturated heterocycles. The second kappa shape index (κ2) is 8.86. The van der Waals surface area contributed by atoms with E-state index in [9.17, 15) is 4.79 Å². The molecule has 1 amide bonds. The van der Waals surface area contributed by atoms with Crippen molar-refractivity contribution >= 4 is 11.6 Å². The monoisotopic (exact) mass is 369 g/mol. The van der Waals surface area contributed by atoms with Crippen LogP contribution in [0.1, 0.15) is 36.5 Å². The van der Waals surface area contributed by atoms with Crippen molar-refractivity contribution in [2.24, 2.45) is 0 Å². The molecule has 1 aromatic heterocycles. The number of nitrogens with zero attached hydrogens (tertiary/aromatic N) is 2. The summed E-state index contributed by atoms with van der Waals surface area (Å²) < 4.78 is 11.2. The summed E-state index contributed by atoms with van der Waals surface area (Å²) in [7, 11) is 1.57. The van der Waals surface area contributed by atoms with Gasteiger partial charge in [0.05, 0.1) is 18.9 Å². The SMILES string of the molecule is CCCO[C@@H]1CCCN(C(=O)c2cccc(-c3nccc(N)c3OC)c2)C1. The number of nitrogen functional groups attached to an aromatic ring is 1. The highest BCUT2D eigenvalue weighted by molar-refractivity contribution is 5.95. The number of ether oxygens (including phenoxy) is 2. The van der Waals surface area contributed by atoms with Crippen LogP contribution in [0.2, 0.25) is 0 Å². The number of amides is 1. The predicted octanol–water partition coefficient (Wildman–Crippen LogP) is 3.37. The molecule has 1 aliphatic heterocycles. The van der Waals surface area contributed by atoms with E-state index in [0.29, 0.717) is 29.2 Å². The molecule has 3 rings (SSSR count). The Morgan fingerprint density at radius 3 is 3.00 bits per heavy atom. The Hall–Kier alpha value is -2.60. The van der Waals surface area contributed by atoms with Crippen molar-refractivity contribution in [1.82, 2.24) is 9.88 Å². The number of carbonyl (C=O) groups excluding carboxylic acids is 1. The number of aromatic nitrogens is 1. The fourth-order valence-electron chi connectivity index (χ4n) is 3.41. The molecule has 0 saturated carbocycles. The first kappa shape index (κ1) is 19.2. The lowest BCUT2D eigenvalue weighted by molar-refractivity contribution is 0.00211. The molecule has 1 aliphatic rings. The number of rotatable bonds is 6. The lowest BCUT2D eigenvalue weighted by Gasteiger charge is -2.32. The van der Waals surface area contributed by atoms with Crippen LogP contribution < -0.4 is 10.5 Å². The van der Waals surface area contributed by atoms with Crippen LogP contribution in [0.4, 0.5) is 5.69 Å². The van der Waals surface area contributed by atoms with Crippen molar-refractivity contribution in [3.63, 3.8) is 0 Å². The largest absolute Gasteiger partial charge is 0.492 e. The molecule has 0 unspecified atom stereocenters. The van der Waals surface area contributed by atoms with E-state index in [1.165, 1.54) is 0 Å². The third-order valence-corrected chi connectivity index (χ3v) is 4.75. The molecule has 1 atom stereocenters. The minimum atomic E-state index is 0.0181. The van der Waals surface area contributed by atoms with Gasteiger partial charge in [-0.1, -0.05) is 19.1 Å². The second-order valence-corrected chi connectivity index (χ2v) is 6.75. The van der Waals surface area contributed by atoms with E-state index in [1.54, 1.807) is 19.4 Å². The fraction of sp³-hybridized carbons (Fsp3) is 0.429. The topological polar surface area (TPSA) is 77.7 Å². The number of hydrogen-bond donors (Lipinski definition) is 1. The van der Waals surface area contributed by atoms with E-state index in [4.69, 9.17) is 15.2 Å². The number of pyridine rings is 1. The zero-order chi connectivity index (χ0) is 19.2. The van der Waals surface area contributed by atoms with Gasteiger partial charge in [-0.3, -0.25) is 9.78 Å².